The number of aliphatic carboxylic acids is 1. The highest BCUT2D eigenvalue weighted by atomic mass is 79.9. The van der Waals surface area contributed by atoms with Crippen molar-refractivity contribution in [3.8, 4) is 11.5 Å². The van der Waals surface area contributed by atoms with Gasteiger partial charge in [-0.3, -0.25) is 19.3 Å². The topological polar surface area (TPSA) is 93.1 Å². The molecule has 0 saturated carbocycles. The summed E-state index contributed by atoms with van der Waals surface area (Å²) in [7, 11) is 1.45. The molecule has 2 aromatic rings. The number of imide groups is 1. The smallest absolute Gasteiger partial charge is 0.323 e. The first-order valence-corrected chi connectivity index (χ1v) is 10.1. The molecular formula is C20H15BrFNO6S. The van der Waals surface area contributed by atoms with Crippen LogP contribution in [0.2, 0.25) is 0 Å². The van der Waals surface area contributed by atoms with E-state index in [1.807, 2.05) is 0 Å². The summed E-state index contributed by atoms with van der Waals surface area (Å²) >= 11 is 4.06. The van der Waals surface area contributed by atoms with Crippen molar-refractivity contribution in [3.05, 3.63) is 62.7 Å². The van der Waals surface area contributed by atoms with E-state index in [1.54, 1.807) is 24.3 Å². The lowest BCUT2D eigenvalue weighted by Crippen LogP contribution is -2.33. The number of carbonyl (C=O) groups excluding carboxylic acids is 2. The number of carboxylic acids is 1. The van der Waals surface area contributed by atoms with Crippen molar-refractivity contribution in [2.75, 3.05) is 13.7 Å². The first kappa shape index (κ1) is 21.8. The third-order valence-electron chi connectivity index (χ3n) is 3.99. The molecule has 1 saturated heterocycles. The second-order valence-corrected chi connectivity index (χ2v) is 7.96. The molecule has 0 unspecified atom stereocenters. The van der Waals surface area contributed by atoms with Crippen molar-refractivity contribution in [1.82, 2.24) is 4.90 Å². The molecule has 0 bridgehead atoms. The molecule has 7 nitrogen and oxygen atoms in total. The van der Waals surface area contributed by atoms with Crippen molar-refractivity contribution < 1.29 is 33.4 Å². The Labute approximate surface area is 183 Å². The highest BCUT2D eigenvalue weighted by Gasteiger charge is 2.36. The number of nitrogens with zero attached hydrogens (tertiary/aromatic N) is 1. The lowest BCUT2D eigenvalue weighted by atomic mass is 10.1. The van der Waals surface area contributed by atoms with E-state index in [1.165, 1.54) is 25.3 Å². The Morgan fingerprint density at radius 3 is 2.73 bits per heavy atom. The number of hydrogen-bond donors (Lipinski definition) is 1. The highest BCUT2D eigenvalue weighted by Crippen LogP contribution is 2.39. The van der Waals surface area contributed by atoms with Gasteiger partial charge in [0.1, 0.15) is 19.0 Å². The molecule has 0 aromatic heterocycles. The number of amides is 2. The summed E-state index contributed by atoms with van der Waals surface area (Å²) in [4.78, 5) is 35.8. The minimum absolute atomic E-state index is 0.101. The number of ether oxygens (including phenoxy) is 2. The Kier molecular flexibility index (Phi) is 6.78. The molecule has 1 fully saturated rings. The van der Waals surface area contributed by atoms with E-state index in [-0.39, 0.29) is 17.3 Å². The van der Waals surface area contributed by atoms with Crippen LogP contribution >= 0.6 is 27.7 Å². The number of carbonyl (C=O) groups is 3. The zero-order valence-electron chi connectivity index (χ0n) is 15.6. The second kappa shape index (κ2) is 9.31. The summed E-state index contributed by atoms with van der Waals surface area (Å²) in [6.07, 6.45) is 1.47. The molecule has 1 N–H and O–H groups in total. The average molecular weight is 496 g/mol. The normalized spacial score (nSPS) is 15.0. The van der Waals surface area contributed by atoms with Crippen LogP contribution in [-0.4, -0.2) is 40.8 Å². The molecule has 30 heavy (non-hydrogen) atoms. The minimum Gasteiger partial charge on any atom is -0.493 e. The van der Waals surface area contributed by atoms with Gasteiger partial charge in [0, 0.05) is 0 Å². The zero-order chi connectivity index (χ0) is 21.8. The number of rotatable bonds is 7. The van der Waals surface area contributed by atoms with E-state index in [0.29, 0.717) is 43.8 Å². The van der Waals surface area contributed by atoms with Gasteiger partial charge in [-0.1, -0.05) is 12.1 Å². The largest absolute Gasteiger partial charge is 0.493 e. The van der Waals surface area contributed by atoms with Crippen molar-refractivity contribution in [1.29, 1.82) is 0 Å². The molecule has 0 spiro atoms. The molecule has 1 heterocycles. The van der Waals surface area contributed by atoms with Gasteiger partial charge in [-0.05, 0) is 69.2 Å². The van der Waals surface area contributed by atoms with Crippen molar-refractivity contribution in [3.63, 3.8) is 0 Å². The SMILES string of the molecule is COc1cc(/C=C2/SC(=O)N(CC(=O)O)C2=O)cc(Br)c1OCc1cccc(F)c1. The number of hydrogen-bond acceptors (Lipinski definition) is 6. The molecule has 156 valence electrons. The lowest BCUT2D eigenvalue weighted by Gasteiger charge is -2.14. The van der Waals surface area contributed by atoms with Crippen molar-refractivity contribution >= 4 is 50.9 Å². The first-order valence-electron chi connectivity index (χ1n) is 8.50. The third-order valence-corrected chi connectivity index (χ3v) is 5.49. The van der Waals surface area contributed by atoms with Crippen LogP contribution in [0, 0.1) is 5.82 Å². The predicted octanol–water partition coefficient (Wildman–Crippen LogP) is 4.30. The molecule has 0 aliphatic carbocycles. The van der Waals surface area contributed by atoms with E-state index in [0.717, 1.165) is 0 Å². The van der Waals surface area contributed by atoms with Crippen LogP contribution in [0.3, 0.4) is 0 Å². The second-order valence-electron chi connectivity index (χ2n) is 6.11. The van der Waals surface area contributed by atoms with Crippen LogP contribution in [0.5, 0.6) is 11.5 Å². The van der Waals surface area contributed by atoms with Crippen LogP contribution in [0.4, 0.5) is 9.18 Å². The molecule has 2 amide bonds. The average Bonchev–Trinajstić information content (AvgIpc) is 2.94. The maximum atomic E-state index is 13.3. The van der Waals surface area contributed by atoms with E-state index in [9.17, 15) is 18.8 Å². The molecule has 2 aromatic carbocycles. The van der Waals surface area contributed by atoms with Crippen LogP contribution in [0.1, 0.15) is 11.1 Å². The van der Waals surface area contributed by atoms with E-state index < -0.39 is 23.7 Å². The molecular weight excluding hydrogens is 481 g/mol. The van der Waals surface area contributed by atoms with E-state index >= 15 is 0 Å². The van der Waals surface area contributed by atoms with Crippen LogP contribution < -0.4 is 9.47 Å². The van der Waals surface area contributed by atoms with Crippen LogP contribution in [0.25, 0.3) is 6.08 Å². The summed E-state index contributed by atoms with van der Waals surface area (Å²) in [6.45, 7) is -0.581. The summed E-state index contributed by atoms with van der Waals surface area (Å²) in [5, 5.41) is 8.19. The van der Waals surface area contributed by atoms with Gasteiger partial charge in [-0.25, -0.2) is 4.39 Å². The first-order chi connectivity index (χ1) is 14.3. The number of thioether (sulfide) groups is 1. The molecule has 3 rings (SSSR count). The fourth-order valence-corrected chi connectivity index (χ4v) is 4.08. The van der Waals surface area contributed by atoms with Crippen LogP contribution in [0.15, 0.2) is 45.8 Å². The van der Waals surface area contributed by atoms with Gasteiger partial charge in [-0.15, -0.1) is 0 Å². The Balaban J connectivity index is 1.83. The van der Waals surface area contributed by atoms with Crippen molar-refractivity contribution in [2.45, 2.75) is 6.61 Å². The number of halogens is 2. The maximum Gasteiger partial charge on any atom is 0.323 e. The Morgan fingerprint density at radius 2 is 2.07 bits per heavy atom. The van der Waals surface area contributed by atoms with Gasteiger partial charge < -0.3 is 14.6 Å². The molecule has 10 heteroatoms. The fourth-order valence-electron chi connectivity index (χ4n) is 2.67. The zero-order valence-corrected chi connectivity index (χ0v) is 18.0. The standard InChI is InChI=1S/C20H15BrFNO6S/c1-28-15-7-12(8-16-19(26)23(9-17(24)25)20(27)30-16)6-14(21)18(15)29-10-11-3-2-4-13(22)5-11/h2-8H,9-10H2,1H3,(H,24,25)/b16-8+. The summed E-state index contributed by atoms with van der Waals surface area (Å²) in [5.41, 5.74) is 1.18. The number of methoxy groups -OCH3 is 1. The quantitative estimate of drug-likeness (QED) is 0.572. The fraction of sp³-hybridized carbons (Fsp3) is 0.150. The number of benzene rings is 2. The van der Waals surface area contributed by atoms with E-state index in [2.05, 4.69) is 15.9 Å². The van der Waals surface area contributed by atoms with Gasteiger partial charge >= 0.3 is 5.97 Å². The van der Waals surface area contributed by atoms with Gasteiger partial charge in [0.15, 0.2) is 11.5 Å². The van der Waals surface area contributed by atoms with Crippen molar-refractivity contribution in [2.24, 2.45) is 0 Å². The summed E-state index contributed by atoms with van der Waals surface area (Å²) in [6, 6.07) is 9.28. The molecule has 0 atom stereocenters. The highest BCUT2D eigenvalue weighted by molar-refractivity contribution is 9.10. The summed E-state index contributed by atoms with van der Waals surface area (Å²) < 4.78 is 25.0. The van der Waals surface area contributed by atoms with Gasteiger partial charge in [0.2, 0.25) is 0 Å². The Morgan fingerprint density at radius 1 is 1.30 bits per heavy atom. The van der Waals surface area contributed by atoms with Crippen LogP contribution in [-0.2, 0) is 16.2 Å². The Bertz CT molecular complexity index is 1060. The minimum atomic E-state index is -1.28. The van der Waals surface area contributed by atoms with Gasteiger partial charge in [0.25, 0.3) is 11.1 Å². The summed E-state index contributed by atoms with van der Waals surface area (Å²) in [5.74, 6) is -1.57. The Hall–Kier alpha value is -2.85. The lowest BCUT2D eigenvalue weighted by molar-refractivity contribution is -0.140. The predicted molar refractivity (Wildman–Crippen MR) is 112 cm³/mol. The van der Waals surface area contributed by atoms with Gasteiger partial charge in [-0.2, -0.15) is 0 Å². The number of carboxylic acid groups (broad SMARTS) is 1. The third kappa shape index (κ3) is 5.00. The molecule has 1 aliphatic heterocycles. The molecule has 0 radical (unpaired) electrons. The monoisotopic (exact) mass is 495 g/mol. The molecule has 1 aliphatic rings. The van der Waals surface area contributed by atoms with Gasteiger partial charge in [0.05, 0.1) is 16.5 Å². The maximum absolute atomic E-state index is 13.3. The van der Waals surface area contributed by atoms with E-state index in [4.69, 9.17) is 14.6 Å².